The second-order valence-corrected chi connectivity index (χ2v) is 6.53. The Morgan fingerprint density at radius 3 is 2.50 bits per heavy atom. The fourth-order valence-corrected chi connectivity index (χ4v) is 2.12. The van der Waals surface area contributed by atoms with Crippen LogP contribution in [0.3, 0.4) is 0 Å². The molecule has 1 rings (SSSR count). The molecule has 6 heteroatoms. The van der Waals surface area contributed by atoms with E-state index in [-0.39, 0.29) is 17.7 Å². The molecule has 16 heavy (non-hydrogen) atoms. The topological polar surface area (TPSA) is 54.4 Å². The zero-order valence-corrected chi connectivity index (χ0v) is 10.5. The molecule has 0 aliphatic rings. The third kappa shape index (κ3) is 3.09. The molecule has 3 nitrogen and oxygen atoms in total. The molecular weight excluding hydrogens is 255 g/mol. The van der Waals surface area contributed by atoms with Gasteiger partial charge >= 0.3 is 0 Å². The van der Waals surface area contributed by atoms with Crippen LogP contribution in [0, 0.1) is 19.7 Å². The predicted octanol–water partition coefficient (Wildman–Crippen LogP) is 2.26. The molecule has 0 unspecified atom stereocenters. The number of rotatable bonds is 3. The maximum absolute atomic E-state index is 13.3. The monoisotopic (exact) mass is 266 g/mol. The van der Waals surface area contributed by atoms with Crippen molar-refractivity contribution >= 4 is 19.7 Å². The van der Waals surface area contributed by atoms with Crippen LogP contribution in [-0.2, 0) is 15.5 Å². The Balaban J connectivity index is 3.07. The lowest BCUT2D eigenvalue weighted by Gasteiger charge is -2.09. The van der Waals surface area contributed by atoms with Crippen LogP contribution in [0.1, 0.15) is 16.7 Å². The summed E-state index contributed by atoms with van der Waals surface area (Å²) >= 11 is 0. The van der Waals surface area contributed by atoms with E-state index in [0.717, 1.165) is 0 Å². The van der Waals surface area contributed by atoms with Crippen molar-refractivity contribution in [3.63, 3.8) is 0 Å². The van der Waals surface area contributed by atoms with E-state index in [0.29, 0.717) is 11.1 Å². The molecule has 0 spiro atoms. The highest BCUT2D eigenvalue weighted by Crippen LogP contribution is 2.27. The zero-order valence-electron chi connectivity index (χ0n) is 8.92. The third-order valence-electron chi connectivity index (χ3n) is 2.40. The molecule has 0 saturated heterocycles. The number of phenolic OH excluding ortho intramolecular Hbond substituents is 1. The smallest absolute Gasteiger partial charge is 0.232 e. The van der Waals surface area contributed by atoms with Crippen LogP contribution in [0.2, 0.25) is 0 Å². The van der Waals surface area contributed by atoms with E-state index >= 15 is 0 Å². The van der Waals surface area contributed by atoms with Crippen molar-refractivity contribution in [3.05, 3.63) is 28.6 Å². The van der Waals surface area contributed by atoms with Gasteiger partial charge in [-0.05, 0) is 37.0 Å². The van der Waals surface area contributed by atoms with Crippen LogP contribution in [0.5, 0.6) is 5.75 Å². The second kappa shape index (κ2) is 4.59. The first kappa shape index (κ1) is 13.3. The molecule has 90 valence electrons. The molecule has 0 aliphatic carbocycles. The van der Waals surface area contributed by atoms with Crippen LogP contribution in [0.25, 0.3) is 0 Å². The summed E-state index contributed by atoms with van der Waals surface area (Å²) in [4.78, 5) is 0. The quantitative estimate of drug-likeness (QED) is 0.854. The van der Waals surface area contributed by atoms with Crippen LogP contribution >= 0.6 is 10.7 Å². The number of hydrogen-bond donors (Lipinski definition) is 1. The Kier molecular flexibility index (Phi) is 3.80. The number of halogens is 2. The number of aryl methyl sites for hydroxylation is 2. The molecule has 0 saturated carbocycles. The number of hydrogen-bond acceptors (Lipinski definition) is 3. The van der Waals surface area contributed by atoms with Gasteiger partial charge in [-0.1, -0.05) is 6.07 Å². The fourth-order valence-electron chi connectivity index (χ4n) is 1.43. The van der Waals surface area contributed by atoms with Gasteiger partial charge in [-0.2, -0.15) is 0 Å². The van der Waals surface area contributed by atoms with Gasteiger partial charge in [-0.15, -0.1) is 0 Å². The van der Waals surface area contributed by atoms with Crippen molar-refractivity contribution < 1.29 is 17.9 Å². The highest BCUT2D eigenvalue weighted by atomic mass is 35.7. The molecule has 1 N–H and O–H groups in total. The van der Waals surface area contributed by atoms with Crippen LogP contribution in [0.15, 0.2) is 6.07 Å². The number of phenols is 1. The third-order valence-corrected chi connectivity index (χ3v) is 3.55. The van der Waals surface area contributed by atoms with E-state index in [9.17, 15) is 17.9 Å². The van der Waals surface area contributed by atoms with Gasteiger partial charge in [0.25, 0.3) is 0 Å². The van der Waals surface area contributed by atoms with Gasteiger partial charge in [0.05, 0.1) is 5.75 Å². The minimum absolute atomic E-state index is 0.159. The lowest BCUT2D eigenvalue weighted by molar-refractivity contribution is 0.425. The lowest BCUT2D eigenvalue weighted by atomic mass is 10.0. The molecule has 1 aromatic rings. The molecule has 0 heterocycles. The SMILES string of the molecule is Cc1cc(CCS(=O)(=O)Cl)c(C)c(O)c1F. The summed E-state index contributed by atoms with van der Waals surface area (Å²) in [6.45, 7) is 3.04. The molecule has 0 bridgehead atoms. The average Bonchev–Trinajstić information content (AvgIpc) is 2.17. The van der Waals surface area contributed by atoms with E-state index in [2.05, 4.69) is 0 Å². The van der Waals surface area contributed by atoms with E-state index in [1.165, 1.54) is 19.9 Å². The van der Waals surface area contributed by atoms with Crippen LogP contribution < -0.4 is 0 Å². The maximum atomic E-state index is 13.3. The number of benzene rings is 1. The Morgan fingerprint density at radius 2 is 2.00 bits per heavy atom. The first-order chi connectivity index (χ1) is 7.22. The molecule has 0 fully saturated rings. The maximum Gasteiger partial charge on any atom is 0.232 e. The van der Waals surface area contributed by atoms with Crippen molar-refractivity contribution in [3.8, 4) is 5.75 Å². The van der Waals surface area contributed by atoms with E-state index in [1.807, 2.05) is 0 Å². The normalized spacial score (nSPS) is 11.8. The van der Waals surface area contributed by atoms with E-state index in [4.69, 9.17) is 10.7 Å². The average molecular weight is 267 g/mol. The van der Waals surface area contributed by atoms with E-state index < -0.39 is 20.6 Å². The standard InChI is InChI=1S/C10H12ClFO3S/c1-6-5-8(3-4-16(11,14)15)7(2)10(13)9(6)12/h5,13H,3-4H2,1-2H3. The highest BCUT2D eigenvalue weighted by molar-refractivity contribution is 8.13. The Labute approximate surface area is 98.3 Å². The molecule has 0 aliphatic heterocycles. The van der Waals surface area contributed by atoms with Gasteiger partial charge in [0.2, 0.25) is 9.05 Å². The molecule has 0 aromatic heterocycles. The van der Waals surface area contributed by atoms with Gasteiger partial charge in [0.15, 0.2) is 11.6 Å². The number of aromatic hydroxyl groups is 1. The summed E-state index contributed by atoms with van der Waals surface area (Å²) < 4.78 is 34.8. The summed E-state index contributed by atoms with van der Waals surface area (Å²) in [7, 11) is 1.50. The van der Waals surface area contributed by atoms with E-state index in [1.54, 1.807) is 0 Å². The highest BCUT2D eigenvalue weighted by Gasteiger charge is 2.14. The minimum atomic E-state index is -3.58. The predicted molar refractivity (Wildman–Crippen MR) is 60.9 cm³/mol. The van der Waals surface area contributed by atoms with Crippen molar-refractivity contribution in [1.82, 2.24) is 0 Å². The summed E-state index contributed by atoms with van der Waals surface area (Å²) in [6.07, 6.45) is 0.159. The van der Waals surface area contributed by atoms with Gasteiger partial charge in [0.1, 0.15) is 0 Å². The van der Waals surface area contributed by atoms with Crippen LogP contribution in [-0.4, -0.2) is 19.3 Å². The molecular formula is C10H12ClFO3S. The van der Waals surface area contributed by atoms with Gasteiger partial charge in [-0.25, -0.2) is 12.8 Å². The first-order valence-corrected chi connectivity index (χ1v) is 7.10. The van der Waals surface area contributed by atoms with Crippen molar-refractivity contribution in [2.75, 3.05) is 5.75 Å². The second-order valence-electron chi connectivity index (χ2n) is 3.63. The largest absolute Gasteiger partial charge is 0.505 e. The summed E-state index contributed by atoms with van der Waals surface area (Å²) in [5.74, 6) is -1.34. The Morgan fingerprint density at radius 1 is 1.44 bits per heavy atom. The minimum Gasteiger partial charge on any atom is -0.505 e. The Bertz CT molecular complexity index is 511. The lowest BCUT2D eigenvalue weighted by Crippen LogP contribution is -2.04. The zero-order chi connectivity index (χ0) is 12.5. The van der Waals surface area contributed by atoms with Crippen LogP contribution in [0.4, 0.5) is 4.39 Å². The van der Waals surface area contributed by atoms with Gasteiger partial charge in [-0.3, -0.25) is 0 Å². The molecule has 0 amide bonds. The fraction of sp³-hybridized carbons (Fsp3) is 0.400. The van der Waals surface area contributed by atoms with Crippen molar-refractivity contribution in [2.45, 2.75) is 20.3 Å². The summed E-state index contributed by atoms with van der Waals surface area (Å²) in [5.41, 5.74) is 1.22. The van der Waals surface area contributed by atoms with Gasteiger partial charge < -0.3 is 5.11 Å². The first-order valence-electron chi connectivity index (χ1n) is 4.62. The van der Waals surface area contributed by atoms with Crippen molar-refractivity contribution in [1.29, 1.82) is 0 Å². The summed E-state index contributed by atoms with van der Waals surface area (Å²) in [5, 5.41) is 9.44. The molecule has 1 aromatic carbocycles. The molecule has 0 radical (unpaired) electrons. The summed E-state index contributed by atoms with van der Waals surface area (Å²) in [6, 6.07) is 1.52. The molecule has 0 atom stereocenters. The van der Waals surface area contributed by atoms with Crippen molar-refractivity contribution in [2.24, 2.45) is 0 Å². The van der Waals surface area contributed by atoms with Gasteiger partial charge in [0, 0.05) is 10.7 Å². The Hall–Kier alpha value is -0.810.